The minimum absolute atomic E-state index is 0.0115. The standard InChI is InChI=1S/C20H24N4O2S/c1-2-12-24(14-18(25)21-11-10-16-7-4-3-5-8-16)15-19-22-23-20(26-19)17-9-6-13-27-17/h3-9,13H,2,10-12,14-15H2,1H3,(H,21,25). The Morgan fingerprint density at radius 2 is 2.04 bits per heavy atom. The number of carbonyl (C=O) groups is 1. The van der Waals surface area contributed by atoms with E-state index in [1.54, 1.807) is 11.3 Å². The van der Waals surface area contributed by atoms with E-state index < -0.39 is 0 Å². The van der Waals surface area contributed by atoms with Gasteiger partial charge in [0, 0.05) is 6.54 Å². The third-order valence-electron chi connectivity index (χ3n) is 4.04. The van der Waals surface area contributed by atoms with Crippen molar-refractivity contribution in [2.75, 3.05) is 19.6 Å². The third-order valence-corrected chi connectivity index (χ3v) is 4.90. The molecule has 27 heavy (non-hydrogen) atoms. The van der Waals surface area contributed by atoms with E-state index in [9.17, 15) is 4.79 Å². The number of carbonyl (C=O) groups excluding carboxylic acids is 1. The molecule has 0 unspecified atom stereocenters. The maximum atomic E-state index is 12.3. The Kier molecular flexibility index (Phi) is 7.12. The van der Waals surface area contributed by atoms with Crippen molar-refractivity contribution >= 4 is 17.2 Å². The van der Waals surface area contributed by atoms with Crippen LogP contribution in [-0.4, -0.2) is 40.6 Å². The molecule has 0 aliphatic rings. The molecular weight excluding hydrogens is 360 g/mol. The molecule has 6 nitrogen and oxygen atoms in total. The van der Waals surface area contributed by atoms with Crippen molar-refractivity contribution < 1.29 is 9.21 Å². The molecule has 1 aromatic carbocycles. The number of thiophene rings is 1. The molecule has 3 aromatic rings. The van der Waals surface area contributed by atoms with E-state index in [1.165, 1.54) is 5.56 Å². The number of nitrogens with one attached hydrogen (secondary N) is 1. The molecular formula is C20H24N4O2S. The van der Waals surface area contributed by atoms with Crippen molar-refractivity contribution in [3.8, 4) is 10.8 Å². The van der Waals surface area contributed by atoms with Crippen LogP contribution in [-0.2, 0) is 17.8 Å². The van der Waals surface area contributed by atoms with E-state index in [0.717, 1.165) is 24.3 Å². The van der Waals surface area contributed by atoms with E-state index in [0.29, 0.717) is 31.4 Å². The first-order valence-corrected chi connectivity index (χ1v) is 10.0. The molecule has 0 radical (unpaired) electrons. The molecule has 0 fully saturated rings. The van der Waals surface area contributed by atoms with E-state index >= 15 is 0 Å². The summed E-state index contributed by atoms with van der Waals surface area (Å²) >= 11 is 1.56. The fraction of sp³-hybridized carbons (Fsp3) is 0.350. The zero-order chi connectivity index (χ0) is 18.9. The molecule has 0 spiro atoms. The van der Waals surface area contributed by atoms with Gasteiger partial charge in [-0.3, -0.25) is 9.69 Å². The minimum atomic E-state index is 0.0115. The van der Waals surface area contributed by atoms with E-state index in [4.69, 9.17) is 4.42 Å². The summed E-state index contributed by atoms with van der Waals surface area (Å²) in [5.74, 6) is 1.07. The predicted molar refractivity (Wildman–Crippen MR) is 106 cm³/mol. The highest BCUT2D eigenvalue weighted by molar-refractivity contribution is 7.13. The summed E-state index contributed by atoms with van der Waals surface area (Å²) in [5, 5.41) is 13.2. The number of amides is 1. The molecule has 0 aliphatic carbocycles. The number of rotatable bonds is 10. The SMILES string of the molecule is CCCN(CC(=O)NCCc1ccccc1)Cc1nnc(-c2cccs2)o1. The molecule has 7 heteroatoms. The smallest absolute Gasteiger partial charge is 0.257 e. The number of benzene rings is 1. The lowest BCUT2D eigenvalue weighted by Crippen LogP contribution is -2.38. The first kappa shape index (κ1) is 19.3. The maximum absolute atomic E-state index is 12.3. The first-order valence-electron chi connectivity index (χ1n) is 9.14. The van der Waals surface area contributed by atoms with Gasteiger partial charge >= 0.3 is 0 Å². The lowest BCUT2D eigenvalue weighted by Gasteiger charge is -2.19. The molecule has 2 heterocycles. The second-order valence-electron chi connectivity index (χ2n) is 6.27. The summed E-state index contributed by atoms with van der Waals surface area (Å²) in [4.78, 5) is 15.3. The minimum Gasteiger partial charge on any atom is -0.419 e. The molecule has 1 amide bonds. The van der Waals surface area contributed by atoms with Gasteiger partial charge in [0.2, 0.25) is 11.8 Å². The van der Waals surface area contributed by atoms with Gasteiger partial charge in [0.25, 0.3) is 5.89 Å². The zero-order valence-electron chi connectivity index (χ0n) is 15.4. The van der Waals surface area contributed by atoms with Gasteiger partial charge in [-0.25, -0.2) is 0 Å². The summed E-state index contributed by atoms with van der Waals surface area (Å²) in [5.41, 5.74) is 1.22. The first-order chi connectivity index (χ1) is 13.2. The van der Waals surface area contributed by atoms with Crippen LogP contribution in [0.1, 0.15) is 24.8 Å². The Hall–Kier alpha value is -2.51. The lowest BCUT2D eigenvalue weighted by molar-refractivity contribution is -0.122. The largest absolute Gasteiger partial charge is 0.419 e. The number of aromatic nitrogens is 2. The predicted octanol–water partition coefficient (Wildman–Crippen LogP) is 3.37. The van der Waals surface area contributed by atoms with Gasteiger partial charge in [-0.1, -0.05) is 43.3 Å². The molecule has 3 rings (SSSR count). The summed E-state index contributed by atoms with van der Waals surface area (Å²) in [7, 11) is 0. The number of hydrogen-bond acceptors (Lipinski definition) is 6. The fourth-order valence-corrected chi connectivity index (χ4v) is 3.43. The zero-order valence-corrected chi connectivity index (χ0v) is 16.2. The Labute approximate surface area is 163 Å². The summed E-state index contributed by atoms with van der Waals surface area (Å²) < 4.78 is 5.74. The van der Waals surface area contributed by atoms with Crippen LogP contribution < -0.4 is 5.32 Å². The average Bonchev–Trinajstić information content (AvgIpc) is 3.34. The van der Waals surface area contributed by atoms with E-state index in [2.05, 4.69) is 34.6 Å². The van der Waals surface area contributed by atoms with Gasteiger partial charge in [0.05, 0.1) is 18.0 Å². The Bertz CT molecular complexity index is 818. The van der Waals surface area contributed by atoms with Gasteiger partial charge in [-0.2, -0.15) is 0 Å². The van der Waals surface area contributed by atoms with Crippen LogP contribution in [0, 0.1) is 0 Å². The van der Waals surface area contributed by atoms with Crippen molar-refractivity contribution in [1.29, 1.82) is 0 Å². The van der Waals surface area contributed by atoms with Gasteiger partial charge in [-0.05, 0) is 36.4 Å². The molecule has 1 N–H and O–H groups in total. The van der Waals surface area contributed by atoms with Crippen molar-refractivity contribution in [3.63, 3.8) is 0 Å². The van der Waals surface area contributed by atoms with Crippen molar-refractivity contribution in [2.45, 2.75) is 26.3 Å². The van der Waals surface area contributed by atoms with Crippen molar-refractivity contribution in [1.82, 2.24) is 20.4 Å². The van der Waals surface area contributed by atoms with Gasteiger partial charge in [0.15, 0.2) is 0 Å². The molecule has 2 aromatic heterocycles. The highest BCUT2D eigenvalue weighted by atomic mass is 32.1. The molecule has 0 atom stereocenters. The van der Waals surface area contributed by atoms with Crippen molar-refractivity contribution in [2.24, 2.45) is 0 Å². The van der Waals surface area contributed by atoms with Crippen LogP contribution >= 0.6 is 11.3 Å². The second kappa shape index (κ2) is 9.99. The van der Waals surface area contributed by atoms with E-state index in [-0.39, 0.29) is 5.91 Å². The molecule has 0 saturated heterocycles. The third kappa shape index (κ3) is 6.01. The maximum Gasteiger partial charge on any atom is 0.257 e. The van der Waals surface area contributed by atoms with E-state index in [1.807, 2.05) is 40.6 Å². The highest BCUT2D eigenvalue weighted by Gasteiger charge is 2.15. The van der Waals surface area contributed by atoms with Crippen LogP contribution in [0.15, 0.2) is 52.3 Å². The quantitative estimate of drug-likeness (QED) is 0.580. The molecule has 0 bridgehead atoms. The van der Waals surface area contributed by atoms with Gasteiger partial charge in [-0.15, -0.1) is 21.5 Å². The van der Waals surface area contributed by atoms with Crippen LogP contribution in [0.2, 0.25) is 0 Å². The summed E-state index contributed by atoms with van der Waals surface area (Å²) in [6.07, 6.45) is 1.78. The van der Waals surface area contributed by atoms with Crippen LogP contribution in [0.4, 0.5) is 0 Å². The normalized spacial score (nSPS) is 11.0. The van der Waals surface area contributed by atoms with Crippen LogP contribution in [0.5, 0.6) is 0 Å². The Balaban J connectivity index is 1.48. The summed E-state index contributed by atoms with van der Waals surface area (Å²) in [6, 6.07) is 14.0. The lowest BCUT2D eigenvalue weighted by atomic mass is 10.1. The fourth-order valence-electron chi connectivity index (χ4n) is 2.79. The highest BCUT2D eigenvalue weighted by Crippen LogP contribution is 2.23. The Morgan fingerprint density at radius 1 is 1.19 bits per heavy atom. The number of hydrogen-bond donors (Lipinski definition) is 1. The van der Waals surface area contributed by atoms with Gasteiger partial charge < -0.3 is 9.73 Å². The Morgan fingerprint density at radius 3 is 2.78 bits per heavy atom. The van der Waals surface area contributed by atoms with Crippen molar-refractivity contribution in [3.05, 3.63) is 59.3 Å². The molecule has 0 aliphatic heterocycles. The van der Waals surface area contributed by atoms with Gasteiger partial charge in [0.1, 0.15) is 0 Å². The molecule has 142 valence electrons. The van der Waals surface area contributed by atoms with Crippen LogP contribution in [0.3, 0.4) is 0 Å². The molecule has 0 saturated carbocycles. The monoisotopic (exact) mass is 384 g/mol. The topological polar surface area (TPSA) is 71.3 Å². The average molecular weight is 385 g/mol. The summed E-state index contributed by atoms with van der Waals surface area (Å²) in [6.45, 7) is 4.30. The second-order valence-corrected chi connectivity index (χ2v) is 7.22. The van der Waals surface area contributed by atoms with Crippen LogP contribution in [0.25, 0.3) is 10.8 Å². The number of nitrogens with zero attached hydrogens (tertiary/aromatic N) is 3.